The van der Waals surface area contributed by atoms with Crippen LogP contribution in [0.15, 0.2) is 24.4 Å². The molecule has 0 unspecified atom stereocenters. The lowest BCUT2D eigenvalue weighted by atomic mass is 10.2. The Morgan fingerprint density at radius 1 is 1.33 bits per heavy atom. The van der Waals surface area contributed by atoms with E-state index in [-0.39, 0.29) is 0 Å². The minimum Gasteiger partial charge on any atom is -0.388 e. The van der Waals surface area contributed by atoms with Crippen molar-refractivity contribution in [2.75, 3.05) is 0 Å². The van der Waals surface area contributed by atoms with E-state index in [1.807, 2.05) is 16.8 Å². The maximum Gasteiger partial charge on any atom is 0.122 e. The van der Waals surface area contributed by atoms with Crippen molar-refractivity contribution in [1.29, 1.82) is 0 Å². The van der Waals surface area contributed by atoms with Crippen LogP contribution in [0.2, 0.25) is 0 Å². The average Bonchev–Trinajstić information content (AvgIpc) is 2.82. The van der Waals surface area contributed by atoms with Crippen molar-refractivity contribution in [3.8, 4) is 5.69 Å². The minimum atomic E-state index is 0.312. The number of aryl methyl sites for hydroxylation is 2. The van der Waals surface area contributed by atoms with Gasteiger partial charge in [0.25, 0.3) is 0 Å². The Morgan fingerprint density at radius 3 is 2.61 bits per heavy atom. The number of pyridine rings is 1. The highest BCUT2D eigenvalue weighted by Gasteiger charge is 2.08. The molecule has 2 rings (SSSR count). The lowest BCUT2D eigenvalue weighted by Gasteiger charge is -2.06. The fraction of sp³-hybridized carbons (Fsp3) is 0.308. The van der Waals surface area contributed by atoms with Crippen molar-refractivity contribution in [2.24, 2.45) is 5.73 Å². The van der Waals surface area contributed by atoms with E-state index in [1.54, 1.807) is 6.20 Å². The summed E-state index contributed by atoms with van der Waals surface area (Å²) >= 11 is 4.89. The maximum atomic E-state index is 5.53. The molecule has 0 aliphatic heterocycles. The van der Waals surface area contributed by atoms with Gasteiger partial charge in [-0.15, -0.1) is 0 Å². The molecule has 0 aromatic carbocycles. The van der Waals surface area contributed by atoms with Gasteiger partial charge < -0.3 is 5.73 Å². The van der Waals surface area contributed by atoms with Crippen LogP contribution < -0.4 is 5.73 Å². The lowest BCUT2D eigenvalue weighted by molar-refractivity contribution is 0.790. The fourth-order valence-corrected chi connectivity index (χ4v) is 1.90. The van der Waals surface area contributed by atoms with Crippen molar-refractivity contribution in [3.63, 3.8) is 0 Å². The average molecular weight is 260 g/mol. The lowest BCUT2D eigenvalue weighted by Crippen LogP contribution is -2.12. The molecular weight excluding hydrogens is 244 g/mol. The summed E-state index contributed by atoms with van der Waals surface area (Å²) in [5.41, 5.74) is 9.37. The molecule has 0 amide bonds. The van der Waals surface area contributed by atoms with Crippen molar-refractivity contribution in [3.05, 3.63) is 41.5 Å². The third-order valence-corrected chi connectivity index (χ3v) is 3.01. The molecular formula is C13H16N4S. The zero-order valence-corrected chi connectivity index (χ0v) is 11.4. The summed E-state index contributed by atoms with van der Waals surface area (Å²) in [6, 6.07) is 5.89. The molecule has 2 N–H and O–H groups in total. The predicted octanol–water partition coefficient (Wildman–Crippen LogP) is 2.03. The Morgan fingerprint density at radius 2 is 2.11 bits per heavy atom. The zero-order chi connectivity index (χ0) is 13.1. The van der Waals surface area contributed by atoms with Gasteiger partial charge in [-0.25, -0.2) is 4.68 Å². The van der Waals surface area contributed by atoms with Crippen molar-refractivity contribution in [2.45, 2.75) is 26.7 Å². The molecule has 4 nitrogen and oxygen atoms in total. The first-order chi connectivity index (χ1) is 8.65. The first kappa shape index (κ1) is 12.7. The second kappa shape index (κ2) is 5.27. The van der Waals surface area contributed by atoms with Crippen LogP contribution in [0.25, 0.3) is 5.69 Å². The Labute approximate surface area is 112 Å². The van der Waals surface area contributed by atoms with E-state index in [0.29, 0.717) is 10.7 Å². The molecule has 0 fully saturated rings. The number of hydrogen-bond donors (Lipinski definition) is 1. The quantitative estimate of drug-likeness (QED) is 0.855. The van der Waals surface area contributed by atoms with E-state index < -0.39 is 0 Å². The number of hydrogen-bond acceptors (Lipinski definition) is 3. The SMILES string of the molecule is CCc1cc(CC)n(-c2ccc(C(N)=S)nc2)n1. The van der Waals surface area contributed by atoms with Crippen LogP contribution in [-0.4, -0.2) is 19.8 Å². The van der Waals surface area contributed by atoms with Gasteiger partial charge in [0.15, 0.2) is 0 Å². The van der Waals surface area contributed by atoms with E-state index >= 15 is 0 Å². The smallest absolute Gasteiger partial charge is 0.122 e. The number of thiocarbonyl (C=S) groups is 1. The summed E-state index contributed by atoms with van der Waals surface area (Å²) in [5, 5.41) is 4.56. The van der Waals surface area contributed by atoms with Gasteiger partial charge >= 0.3 is 0 Å². The van der Waals surface area contributed by atoms with E-state index in [9.17, 15) is 0 Å². The molecule has 2 aromatic rings. The molecule has 0 radical (unpaired) electrons. The molecule has 0 bridgehead atoms. The summed E-state index contributed by atoms with van der Waals surface area (Å²) in [6.45, 7) is 4.21. The van der Waals surface area contributed by atoms with Crippen molar-refractivity contribution in [1.82, 2.24) is 14.8 Å². The summed E-state index contributed by atoms with van der Waals surface area (Å²) in [5.74, 6) is 0. The highest BCUT2D eigenvalue weighted by molar-refractivity contribution is 7.80. The summed E-state index contributed by atoms with van der Waals surface area (Å²) in [4.78, 5) is 4.55. The van der Waals surface area contributed by atoms with Gasteiger partial charge in [0, 0.05) is 5.69 Å². The van der Waals surface area contributed by atoms with Gasteiger partial charge in [-0.1, -0.05) is 26.1 Å². The Bertz CT molecular complexity index is 557. The highest BCUT2D eigenvalue weighted by atomic mass is 32.1. The minimum absolute atomic E-state index is 0.312. The number of nitrogens with zero attached hydrogens (tertiary/aromatic N) is 3. The Hall–Kier alpha value is -1.75. The van der Waals surface area contributed by atoms with Crippen molar-refractivity contribution < 1.29 is 0 Å². The molecule has 0 saturated carbocycles. The number of nitrogens with two attached hydrogens (primary N) is 1. The Balaban J connectivity index is 2.41. The summed E-state index contributed by atoms with van der Waals surface area (Å²) in [6.07, 6.45) is 3.61. The normalized spacial score (nSPS) is 10.6. The summed E-state index contributed by atoms with van der Waals surface area (Å²) in [7, 11) is 0. The summed E-state index contributed by atoms with van der Waals surface area (Å²) < 4.78 is 1.93. The van der Waals surface area contributed by atoms with Crippen LogP contribution in [0.1, 0.15) is 30.9 Å². The van der Waals surface area contributed by atoms with E-state index in [4.69, 9.17) is 18.0 Å². The molecule has 2 aromatic heterocycles. The maximum absolute atomic E-state index is 5.53. The standard InChI is InChI=1S/C13H16N4S/c1-3-9-7-10(4-2)17(16-9)11-5-6-12(13(14)18)15-8-11/h5-8H,3-4H2,1-2H3,(H2,14,18). The van der Waals surface area contributed by atoms with Gasteiger partial charge in [0.2, 0.25) is 0 Å². The molecule has 94 valence electrons. The third kappa shape index (κ3) is 2.41. The van der Waals surface area contributed by atoms with Crippen LogP contribution in [0.3, 0.4) is 0 Å². The third-order valence-electron chi connectivity index (χ3n) is 2.80. The van der Waals surface area contributed by atoms with Crippen LogP contribution in [0.4, 0.5) is 0 Å². The van der Waals surface area contributed by atoms with Crippen LogP contribution >= 0.6 is 12.2 Å². The van der Waals surface area contributed by atoms with E-state index in [0.717, 1.165) is 24.2 Å². The van der Waals surface area contributed by atoms with Crippen molar-refractivity contribution >= 4 is 17.2 Å². The van der Waals surface area contributed by atoms with Gasteiger partial charge in [0.1, 0.15) is 4.99 Å². The molecule has 0 spiro atoms. The monoisotopic (exact) mass is 260 g/mol. The van der Waals surface area contributed by atoms with E-state index in [1.165, 1.54) is 5.69 Å². The van der Waals surface area contributed by atoms with Crippen LogP contribution in [0.5, 0.6) is 0 Å². The second-order valence-corrected chi connectivity index (χ2v) is 4.45. The molecule has 5 heteroatoms. The first-order valence-electron chi connectivity index (χ1n) is 5.99. The van der Waals surface area contributed by atoms with Crippen LogP contribution in [-0.2, 0) is 12.8 Å². The predicted molar refractivity (Wildman–Crippen MR) is 76.0 cm³/mol. The van der Waals surface area contributed by atoms with Crippen LogP contribution in [0, 0.1) is 0 Å². The molecule has 0 saturated heterocycles. The molecule has 2 heterocycles. The number of rotatable bonds is 4. The fourth-order valence-electron chi connectivity index (χ4n) is 1.78. The molecule has 0 atom stereocenters. The topological polar surface area (TPSA) is 56.7 Å². The van der Waals surface area contributed by atoms with Gasteiger partial charge in [-0.2, -0.15) is 5.10 Å². The molecule has 18 heavy (non-hydrogen) atoms. The van der Waals surface area contributed by atoms with E-state index in [2.05, 4.69) is 30.0 Å². The molecule has 0 aliphatic rings. The highest BCUT2D eigenvalue weighted by Crippen LogP contribution is 2.13. The largest absolute Gasteiger partial charge is 0.388 e. The zero-order valence-electron chi connectivity index (χ0n) is 10.6. The number of aromatic nitrogens is 3. The Kier molecular flexibility index (Phi) is 3.72. The molecule has 0 aliphatic carbocycles. The van der Waals surface area contributed by atoms with Gasteiger partial charge in [-0.05, 0) is 31.0 Å². The van der Waals surface area contributed by atoms with Gasteiger partial charge in [-0.3, -0.25) is 4.98 Å². The van der Waals surface area contributed by atoms with Gasteiger partial charge in [0.05, 0.1) is 23.3 Å². The second-order valence-electron chi connectivity index (χ2n) is 4.01. The first-order valence-corrected chi connectivity index (χ1v) is 6.40.